The third-order valence-corrected chi connectivity index (χ3v) is 3.25. The number of nitrogens with zero attached hydrogens (tertiary/aromatic N) is 1. The first kappa shape index (κ1) is 25.6. The van der Waals surface area contributed by atoms with Crippen LogP contribution in [0.5, 0.6) is 5.75 Å². The Hall–Kier alpha value is -3.39. The Balaban J connectivity index is 0.000000594. The summed E-state index contributed by atoms with van der Waals surface area (Å²) in [6.07, 6.45) is 0. The maximum atomic E-state index is 10.00. The van der Waals surface area contributed by atoms with E-state index in [1.54, 1.807) is 49.4 Å². The first-order valence-corrected chi connectivity index (χ1v) is 8.52. The van der Waals surface area contributed by atoms with Crippen molar-refractivity contribution in [1.82, 2.24) is 0 Å². The van der Waals surface area contributed by atoms with Crippen LogP contribution in [0.3, 0.4) is 0 Å². The van der Waals surface area contributed by atoms with Crippen LogP contribution in [0.4, 0.5) is 0 Å². The third kappa shape index (κ3) is 10.5. The molecule has 2 aromatic rings. The molecule has 2 aromatic carbocycles. The Morgan fingerprint density at radius 1 is 0.966 bits per heavy atom. The van der Waals surface area contributed by atoms with Gasteiger partial charge in [0.1, 0.15) is 11.5 Å². The summed E-state index contributed by atoms with van der Waals surface area (Å²) in [5.41, 5.74) is 2.21. The van der Waals surface area contributed by atoms with Gasteiger partial charge in [0.25, 0.3) is 5.97 Å². The summed E-state index contributed by atoms with van der Waals surface area (Å²) < 4.78 is 3.97. The van der Waals surface area contributed by atoms with Crippen molar-refractivity contribution in [1.29, 1.82) is 0 Å². The van der Waals surface area contributed by atoms with Gasteiger partial charge in [0, 0.05) is 36.9 Å². The number of halogens is 1. The number of aliphatic carboxylic acids is 1. The maximum Gasteiger partial charge on any atom is 0.310 e. The molecule has 156 valence electrons. The molecule has 0 aliphatic rings. The van der Waals surface area contributed by atoms with Gasteiger partial charge in [-0.2, -0.15) is 0 Å². The molecule has 0 amide bonds. The number of ether oxygens (including phenoxy) is 1. The Morgan fingerprint density at radius 2 is 1.45 bits per heavy atom. The smallest absolute Gasteiger partial charge is 0.310 e. The lowest BCUT2D eigenvalue weighted by Gasteiger charge is -2.09. The summed E-state index contributed by atoms with van der Waals surface area (Å²) in [6.45, 7) is 5.23. The van der Waals surface area contributed by atoms with Crippen LogP contribution in [0.1, 0.15) is 37.5 Å². The van der Waals surface area contributed by atoms with Crippen molar-refractivity contribution in [2.24, 2.45) is 5.16 Å². The number of phenols is 1. The number of hydrogen-bond donors (Lipinski definition) is 3. The van der Waals surface area contributed by atoms with Crippen LogP contribution in [0.15, 0.2) is 47.6 Å². The van der Waals surface area contributed by atoms with E-state index in [0.29, 0.717) is 21.9 Å². The van der Waals surface area contributed by atoms with Gasteiger partial charge in [-0.15, -0.1) is 0 Å². The topological polar surface area (TPSA) is 133 Å². The number of carboxylic acids is 1. The minimum atomic E-state index is -0.833. The number of para-hydroxylation sites is 1. The van der Waals surface area contributed by atoms with Crippen LogP contribution < -0.4 is 0 Å². The van der Waals surface area contributed by atoms with Crippen LogP contribution in [-0.2, 0) is 19.1 Å². The fraction of sp³-hybridized carbons (Fsp3) is 0.200. The molecule has 0 aliphatic carbocycles. The van der Waals surface area contributed by atoms with E-state index in [2.05, 4.69) is 9.89 Å². The Kier molecular flexibility index (Phi) is 11.4. The number of aromatic hydroxyl groups is 1. The average Bonchev–Trinajstić information content (AvgIpc) is 2.59. The SMILES string of the molecule is CC(=O)O.CC(=O)OC(C)=O.Cc1cccc(C(=NO)c2ccc(Cl)cc2)c1O. The molecule has 0 heterocycles. The first-order valence-electron chi connectivity index (χ1n) is 8.15. The van der Waals surface area contributed by atoms with Gasteiger partial charge >= 0.3 is 11.9 Å². The monoisotopic (exact) mass is 423 g/mol. The molecule has 0 saturated heterocycles. The molecule has 0 atom stereocenters. The van der Waals surface area contributed by atoms with Crippen LogP contribution in [0.2, 0.25) is 5.02 Å². The summed E-state index contributed by atoms with van der Waals surface area (Å²) in [5.74, 6) is -1.85. The third-order valence-electron chi connectivity index (χ3n) is 3.00. The number of carbonyl (C=O) groups is 3. The molecule has 0 aromatic heterocycles. The van der Waals surface area contributed by atoms with Crippen LogP contribution >= 0.6 is 11.6 Å². The van der Waals surface area contributed by atoms with Gasteiger partial charge in [-0.05, 0) is 30.7 Å². The van der Waals surface area contributed by atoms with Gasteiger partial charge in [-0.25, -0.2) is 0 Å². The summed E-state index contributed by atoms with van der Waals surface area (Å²) >= 11 is 5.81. The van der Waals surface area contributed by atoms with Gasteiger partial charge < -0.3 is 20.2 Å². The lowest BCUT2D eigenvalue weighted by atomic mass is 9.99. The zero-order valence-corrected chi connectivity index (χ0v) is 17.1. The van der Waals surface area contributed by atoms with Crippen LogP contribution in [0.25, 0.3) is 0 Å². The predicted molar refractivity (Wildman–Crippen MR) is 107 cm³/mol. The first-order chi connectivity index (χ1) is 13.5. The Morgan fingerprint density at radius 3 is 1.83 bits per heavy atom. The van der Waals surface area contributed by atoms with Gasteiger partial charge in [-0.1, -0.05) is 41.0 Å². The van der Waals surface area contributed by atoms with Crippen molar-refractivity contribution >= 4 is 35.2 Å². The highest BCUT2D eigenvalue weighted by atomic mass is 35.5. The van der Waals surface area contributed by atoms with Crippen LogP contribution in [0, 0.1) is 6.92 Å². The molecule has 0 radical (unpaired) electrons. The minimum absolute atomic E-state index is 0.111. The van der Waals surface area contributed by atoms with E-state index in [9.17, 15) is 14.7 Å². The number of phenolic OH excluding ortho intramolecular Hbond substituents is 1. The summed E-state index contributed by atoms with van der Waals surface area (Å²) in [7, 11) is 0. The second-order valence-corrected chi connectivity index (χ2v) is 5.97. The molecule has 3 N–H and O–H groups in total. The van der Waals surface area contributed by atoms with Crippen molar-refractivity contribution in [3.8, 4) is 5.75 Å². The number of aryl methyl sites for hydroxylation is 1. The molecule has 9 heteroatoms. The number of carboxylic acid groups (broad SMARTS) is 1. The predicted octanol–water partition coefficient (Wildman–Crippen LogP) is 3.77. The fourth-order valence-electron chi connectivity index (χ4n) is 1.93. The van der Waals surface area contributed by atoms with Gasteiger partial charge in [0.15, 0.2) is 0 Å². The van der Waals surface area contributed by atoms with Gasteiger partial charge in [0.05, 0.1) is 0 Å². The highest BCUT2D eigenvalue weighted by Crippen LogP contribution is 2.25. The molecule has 0 fully saturated rings. The molecule has 0 bridgehead atoms. The van der Waals surface area contributed by atoms with Crippen molar-refractivity contribution in [2.75, 3.05) is 0 Å². The summed E-state index contributed by atoms with van der Waals surface area (Å²) in [4.78, 5) is 28.6. The molecular formula is C20H22ClNO7. The quantitative estimate of drug-likeness (QED) is 0.220. The molecule has 8 nitrogen and oxygen atoms in total. The number of benzene rings is 2. The standard InChI is InChI=1S/C14H12ClNO2.C4H6O3.C2H4O2/c1-9-3-2-4-12(14(9)17)13(16-18)10-5-7-11(15)8-6-10;1-3(5)7-4(2)6;1-2(3)4/h2-8,17-18H,1H3;1-2H3;1H3,(H,3,4). The molecule has 0 spiro atoms. The summed E-state index contributed by atoms with van der Waals surface area (Å²) in [5, 5.41) is 30.5. The lowest BCUT2D eigenvalue weighted by Crippen LogP contribution is -2.04. The van der Waals surface area contributed by atoms with E-state index in [1.807, 2.05) is 0 Å². The molecule has 2 rings (SSSR count). The zero-order valence-electron chi connectivity index (χ0n) is 16.3. The highest BCUT2D eigenvalue weighted by molar-refractivity contribution is 6.30. The van der Waals surface area contributed by atoms with E-state index >= 15 is 0 Å². The van der Waals surface area contributed by atoms with Crippen molar-refractivity contribution in [2.45, 2.75) is 27.7 Å². The number of rotatable bonds is 2. The molecular weight excluding hydrogens is 402 g/mol. The van der Waals surface area contributed by atoms with Crippen molar-refractivity contribution < 1.29 is 34.5 Å². The van der Waals surface area contributed by atoms with Crippen molar-refractivity contribution in [3.63, 3.8) is 0 Å². The lowest BCUT2D eigenvalue weighted by molar-refractivity contribution is -0.156. The normalized spacial score (nSPS) is 9.90. The van der Waals surface area contributed by atoms with E-state index in [4.69, 9.17) is 26.7 Å². The number of carbonyl (C=O) groups excluding carboxylic acids is 2. The van der Waals surface area contributed by atoms with Gasteiger partial charge in [0.2, 0.25) is 0 Å². The summed E-state index contributed by atoms with van der Waals surface area (Å²) in [6, 6.07) is 12.2. The molecule has 29 heavy (non-hydrogen) atoms. The van der Waals surface area contributed by atoms with E-state index in [1.165, 1.54) is 13.8 Å². The second kappa shape index (κ2) is 12.9. The number of esters is 2. The maximum absolute atomic E-state index is 10.00. The Labute approximate surface area is 173 Å². The Bertz CT molecular complexity index is 861. The number of oxime groups is 1. The van der Waals surface area contributed by atoms with Gasteiger partial charge in [-0.3, -0.25) is 14.4 Å². The average molecular weight is 424 g/mol. The molecule has 0 saturated carbocycles. The zero-order chi connectivity index (χ0) is 22.6. The fourth-order valence-corrected chi connectivity index (χ4v) is 2.05. The van der Waals surface area contributed by atoms with Crippen LogP contribution in [-0.4, -0.2) is 39.0 Å². The highest BCUT2D eigenvalue weighted by Gasteiger charge is 2.13. The minimum Gasteiger partial charge on any atom is -0.507 e. The number of hydrogen-bond acceptors (Lipinski definition) is 7. The largest absolute Gasteiger partial charge is 0.507 e. The van der Waals surface area contributed by atoms with E-state index in [-0.39, 0.29) is 5.75 Å². The molecule has 0 unspecified atom stereocenters. The molecule has 0 aliphatic heterocycles. The second-order valence-electron chi connectivity index (χ2n) is 5.53. The van der Waals surface area contributed by atoms with E-state index < -0.39 is 17.9 Å². The van der Waals surface area contributed by atoms with E-state index in [0.717, 1.165) is 12.5 Å². The van der Waals surface area contributed by atoms with Crippen molar-refractivity contribution in [3.05, 3.63) is 64.2 Å².